The second-order valence-corrected chi connectivity index (χ2v) is 3.83. The fraction of sp³-hybridized carbons (Fsp3) is 0.385. The number of allylic oxidation sites excluding steroid dienone is 1. The zero-order chi connectivity index (χ0) is 12.3. The lowest BCUT2D eigenvalue weighted by atomic mass is 10.0. The van der Waals surface area contributed by atoms with Crippen molar-refractivity contribution in [3.8, 4) is 0 Å². The molecule has 1 aliphatic heterocycles. The highest BCUT2D eigenvalue weighted by Gasteiger charge is 2.18. The van der Waals surface area contributed by atoms with Crippen LogP contribution in [0.1, 0.15) is 25.3 Å². The van der Waals surface area contributed by atoms with Crippen LogP contribution in [0.3, 0.4) is 0 Å². The van der Waals surface area contributed by atoms with Crippen molar-refractivity contribution in [3.05, 3.63) is 41.7 Å². The van der Waals surface area contributed by atoms with Crippen LogP contribution in [0.4, 0.5) is 8.78 Å². The Labute approximate surface area is 98.8 Å². The molecule has 1 aromatic carbocycles. The Balaban J connectivity index is 2.13. The zero-order valence-corrected chi connectivity index (χ0v) is 9.58. The first-order chi connectivity index (χ1) is 8.20. The molecule has 0 fully saturated rings. The van der Waals surface area contributed by atoms with Gasteiger partial charge in [0, 0.05) is 24.7 Å². The molecular weight excluding hydrogens is 226 g/mol. The molecule has 1 aromatic rings. The van der Waals surface area contributed by atoms with Crippen molar-refractivity contribution in [2.45, 2.75) is 26.1 Å². The maximum Gasteiger partial charge on any atom is 0.199 e. The van der Waals surface area contributed by atoms with Gasteiger partial charge < -0.3 is 9.47 Å². The maximum absolute atomic E-state index is 13.5. The predicted octanol–water partition coefficient (Wildman–Crippen LogP) is 3.48. The minimum absolute atomic E-state index is 0.257. The van der Waals surface area contributed by atoms with E-state index in [2.05, 4.69) is 0 Å². The van der Waals surface area contributed by atoms with Crippen LogP contribution in [-0.4, -0.2) is 12.9 Å². The molecule has 1 aliphatic rings. The minimum atomic E-state index is -0.573. The standard InChI is InChI=1S/C13H14F2O2/c1-2-16-13-6-3-9(8-17-13)11-5-4-10(14)7-12(11)15/h4-5,7-8,13H,2-3,6H2,1H3. The van der Waals surface area contributed by atoms with Gasteiger partial charge in [0.15, 0.2) is 6.29 Å². The van der Waals surface area contributed by atoms with E-state index in [-0.39, 0.29) is 6.29 Å². The third-order valence-electron chi connectivity index (χ3n) is 2.64. The predicted molar refractivity (Wildman–Crippen MR) is 60.1 cm³/mol. The van der Waals surface area contributed by atoms with Crippen LogP contribution in [-0.2, 0) is 9.47 Å². The Morgan fingerprint density at radius 2 is 2.24 bits per heavy atom. The van der Waals surface area contributed by atoms with E-state index in [1.165, 1.54) is 18.4 Å². The summed E-state index contributed by atoms with van der Waals surface area (Å²) in [4.78, 5) is 0. The molecule has 2 rings (SSSR count). The molecule has 0 spiro atoms. The van der Waals surface area contributed by atoms with Gasteiger partial charge in [-0.2, -0.15) is 0 Å². The minimum Gasteiger partial charge on any atom is -0.472 e. The molecule has 2 nitrogen and oxygen atoms in total. The molecule has 1 heterocycles. The first kappa shape index (κ1) is 12.0. The maximum atomic E-state index is 13.5. The molecule has 17 heavy (non-hydrogen) atoms. The molecule has 1 atom stereocenters. The Morgan fingerprint density at radius 1 is 1.41 bits per heavy atom. The number of hydrogen-bond donors (Lipinski definition) is 0. The quantitative estimate of drug-likeness (QED) is 0.805. The highest BCUT2D eigenvalue weighted by Crippen LogP contribution is 2.28. The second kappa shape index (κ2) is 5.27. The summed E-state index contributed by atoms with van der Waals surface area (Å²) in [6.07, 6.45) is 2.58. The van der Waals surface area contributed by atoms with Gasteiger partial charge in [0.2, 0.25) is 0 Å². The summed E-state index contributed by atoms with van der Waals surface area (Å²) in [5, 5.41) is 0. The third kappa shape index (κ3) is 2.82. The van der Waals surface area contributed by atoms with Crippen LogP contribution in [0, 0.1) is 11.6 Å². The Kier molecular flexibility index (Phi) is 3.74. The average molecular weight is 240 g/mol. The lowest BCUT2D eigenvalue weighted by Gasteiger charge is -2.23. The van der Waals surface area contributed by atoms with Gasteiger partial charge in [-0.3, -0.25) is 0 Å². The van der Waals surface area contributed by atoms with Crippen LogP contribution < -0.4 is 0 Å². The summed E-state index contributed by atoms with van der Waals surface area (Å²) in [5.41, 5.74) is 1.12. The Hall–Kier alpha value is -1.42. The first-order valence-electron chi connectivity index (χ1n) is 5.62. The number of rotatable bonds is 3. The Bertz CT molecular complexity index is 429. The second-order valence-electron chi connectivity index (χ2n) is 3.83. The molecular formula is C13H14F2O2. The van der Waals surface area contributed by atoms with Gasteiger partial charge in [-0.15, -0.1) is 0 Å². The SMILES string of the molecule is CCOC1CCC(c2ccc(F)cc2F)=CO1. The van der Waals surface area contributed by atoms with Crippen molar-refractivity contribution in [1.29, 1.82) is 0 Å². The van der Waals surface area contributed by atoms with Gasteiger partial charge >= 0.3 is 0 Å². The van der Waals surface area contributed by atoms with Crippen LogP contribution in [0.25, 0.3) is 5.57 Å². The van der Waals surface area contributed by atoms with E-state index < -0.39 is 11.6 Å². The van der Waals surface area contributed by atoms with Gasteiger partial charge in [0.25, 0.3) is 0 Å². The van der Waals surface area contributed by atoms with Crippen LogP contribution in [0.5, 0.6) is 0 Å². The van der Waals surface area contributed by atoms with Crippen molar-refractivity contribution >= 4 is 5.57 Å². The summed E-state index contributed by atoms with van der Waals surface area (Å²) in [5.74, 6) is -1.13. The fourth-order valence-corrected chi connectivity index (χ4v) is 1.81. The average Bonchev–Trinajstić information content (AvgIpc) is 2.31. The van der Waals surface area contributed by atoms with E-state index in [0.717, 1.165) is 11.6 Å². The monoisotopic (exact) mass is 240 g/mol. The molecule has 0 bridgehead atoms. The van der Waals surface area contributed by atoms with Crippen molar-refractivity contribution in [2.75, 3.05) is 6.61 Å². The van der Waals surface area contributed by atoms with Gasteiger partial charge in [-0.1, -0.05) is 0 Å². The molecule has 4 heteroatoms. The summed E-state index contributed by atoms with van der Waals surface area (Å²) in [7, 11) is 0. The van der Waals surface area contributed by atoms with Crippen LogP contribution in [0.2, 0.25) is 0 Å². The topological polar surface area (TPSA) is 18.5 Å². The highest BCUT2D eigenvalue weighted by molar-refractivity contribution is 5.65. The summed E-state index contributed by atoms with van der Waals surface area (Å²) >= 11 is 0. The summed E-state index contributed by atoms with van der Waals surface area (Å²) in [6.45, 7) is 2.47. The van der Waals surface area contributed by atoms with E-state index in [0.29, 0.717) is 25.0 Å². The Morgan fingerprint density at radius 3 is 2.82 bits per heavy atom. The fourth-order valence-electron chi connectivity index (χ4n) is 1.81. The zero-order valence-electron chi connectivity index (χ0n) is 9.58. The van der Waals surface area contributed by atoms with E-state index in [1.807, 2.05) is 6.92 Å². The van der Waals surface area contributed by atoms with Gasteiger partial charge in [-0.25, -0.2) is 8.78 Å². The van der Waals surface area contributed by atoms with E-state index in [4.69, 9.17) is 9.47 Å². The lowest BCUT2D eigenvalue weighted by molar-refractivity contribution is -0.109. The van der Waals surface area contributed by atoms with E-state index in [9.17, 15) is 8.78 Å². The normalized spacial score (nSPS) is 19.7. The lowest BCUT2D eigenvalue weighted by Crippen LogP contribution is -2.18. The van der Waals surface area contributed by atoms with Crippen molar-refractivity contribution in [1.82, 2.24) is 0 Å². The van der Waals surface area contributed by atoms with Gasteiger partial charge in [0.1, 0.15) is 11.6 Å². The molecule has 0 amide bonds. The molecule has 1 unspecified atom stereocenters. The molecule has 0 aromatic heterocycles. The molecule has 0 saturated carbocycles. The summed E-state index contributed by atoms with van der Waals surface area (Å²) < 4.78 is 36.9. The number of ether oxygens (including phenoxy) is 2. The largest absolute Gasteiger partial charge is 0.472 e. The van der Waals surface area contributed by atoms with Crippen LogP contribution >= 0.6 is 0 Å². The van der Waals surface area contributed by atoms with Crippen LogP contribution in [0.15, 0.2) is 24.5 Å². The van der Waals surface area contributed by atoms with Crippen molar-refractivity contribution in [3.63, 3.8) is 0 Å². The van der Waals surface area contributed by atoms with E-state index in [1.54, 1.807) is 0 Å². The molecule has 0 aliphatic carbocycles. The smallest absolute Gasteiger partial charge is 0.199 e. The molecule has 0 radical (unpaired) electrons. The molecule has 0 N–H and O–H groups in total. The number of benzene rings is 1. The first-order valence-corrected chi connectivity index (χ1v) is 5.62. The summed E-state index contributed by atoms with van der Waals surface area (Å²) in [6, 6.07) is 3.56. The van der Waals surface area contributed by atoms with Gasteiger partial charge in [-0.05, 0) is 31.1 Å². The number of hydrogen-bond acceptors (Lipinski definition) is 2. The third-order valence-corrected chi connectivity index (χ3v) is 2.64. The number of halogens is 2. The molecule has 0 saturated heterocycles. The van der Waals surface area contributed by atoms with Crippen molar-refractivity contribution < 1.29 is 18.3 Å². The highest BCUT2D eigenvalue weighted by atomic mass is 19.1. The van der Waals surface area contributed by atoms with E-state index >= 15 is 0 Å². The van der Waals surface area contributed by atoms with Crippen molar-refractivity contribution in [2.24, 2.45) is 0 Å². The van der Waals surface area contributed by atoms with Gasteiger partial charge in [0.05, 0.1) is 6.26 Å². The molecule has 92 valence electrons.